The van der Waals surface area contributed by atoms with Gasteiger partial charge in [0.15, 0.2) is 0 Å². The van der Waals surface area contributed by atoms with Crippen molar-refractivity contribution in [1.29, 1.82) is 0 Å². The van der Waals surface area contributed by atoms with Crippen LogP contribution >= 0.6 is 0 Å². The van der Waals surface area contributed by atoms with Crippen LogP contribution < -0.4 is 5.32 Å². The van der Waals surface area contributed by atoms with E-state index in [0.29, 0.717) is 44.1 Å². The second-order valence-corrected chi connectivity index (χ2v) is 6.43. The second-order valence-electron chi connectivity index (χ2n) is 6.43. The predicted octanol–water partition coefficient (Wildman–Crippen LogP) is 3.15. The van der Waals surface area contributed by atoms with E-state index in [1.165, 1.54) is 6.07 Å². The van der Waals surface area contributed by atoms with Gasteiger partial charge in [-0.2, -0.15) is 0 Å². The average molecular weight is 321 g/mol. The molecule has 0 radical (unpaired) electrons. The second kappa shape index (κ2) is 8.09. The van der Waals surface area contributed by atoms with Crippen LogP contribution in [0.1, 0.15) is 44.6 Å². The van der Waals surface area contributed by atoms with Gasteiger partial charge in [-0.15, -0.1) is 0 Å². The Morgan fingerprint density at radius 2 is 1.91 bits per heavy atom. The number of carbonyl (C=O) groups excluding carboxylic acids is 1. The smallest absolute Gasteiger partial charge is 0.306 e. The first-order valence-electron chi connectivity index (χ1n) is 8.24. The summed E-state index contributed by atoms with van der Waals surface area (Å²) in [5.74, 6) is -1.46. The zero-order chi connectivity index (χ0) is 16.8. The highest BCUT2D eigenvalue weighted by Crippen LogP contribution is 2.24. The van der Waals surface area contributed by atoms with Crippen LogP contribution in [0.3, 0.4) is 0 Å². The lowest BCUT2D eigenvalue weighted by atomic mass is 9.86. The number of aliphatic carboxylic acids is 1. The Labute approximate surface area is 136 Å². The van der Waals surface area contributed by atoms with Crippen LogP contribution in [0.5, 0.6) is 0 Å². The van der Waals surface area contributed by atoms with Crippen LogP contribution in [0.4, 0.5) is 4.39 Å². The summed E-state index contributed by atoms with van der Waals surface area (Å²) < 4.78 is 13.6. The summed E-state index contributed by atoms with van der Waals surface area (Å²) in [6, 6.07) is 6.69. The molecule has 1 saturated carbocycles. The molecule has 23 heavy (non-hydrogen) atoms. The Morgan fingerprint density at radius 3 is 2.52 bits per heavy atom. The molecule has 1 amide bonds. The van der Waals surface area contributed by atoms with Gasteiger partial charge in [0.25, 0.3) is 0 Å². The molecule has 4 nitrogen and oxygen atoms in total. The highest BCUT2D eigenvalue weighted by atomic mass is 19.1. The first kappa shape index (κ1) is 17.4. The molecule has 1 atom stereocenters. The SMILES string of the molecule is CC(CCc1ccccc1F)C(=O)NC1CCC(C(=O)O)CC1. The van der Waals surface area contributed by atoms with Crippen molar-refractivity contribution in [3.63, 3.8) is 0 Å². The quantitative estimate of drug-likeness (QED) is 0.846. The molecular formula is C18H24FNO3. The molecule has 0 bridgehead atoms. The number of carboxylic acid groups (broad SMARTS) is 1. The van der Waals surface area contributed by atoms with Crippen LogP contribution in [-0.2, 0) is 16.0 Å². The molecule has 1 aromatic rings. The molecule has 1 aliphatic rings. The van der Waals surface area contributed by atoms with Gasteiger partial charge in [-0.25, -0.2) is 4.39 Å². The van der Waals surface area contributed by atoms with Crippen LogP contribution in [0.15, 0.2) is 24.3 Å². The molecule has 2 N–H and O–H groups in total. The summed E-state index contributed by atoms with van der Waals surface area (Å²) in [6.45, 7) is 1.85. The van der Waals surface area contributed by atoms with Crippen molar-refractivity contribution in [1.82, 2.24) is 5.32 Å². The number of halogens is 1. The lowest BCUT2D eigenvalue weighted by molar-refractivity contribution is -0.142. The van der Waals surface area contributed by atoms with E-state index in [2.05, 4.69) is 5.32 Å². The minimum Gasteiger partial charge on any atom is -0.481 e. The number of hydrogen-bond acceptors (Lipinski definition) is 2. The highest BCUT2D eigenvalue weighted by molar-refractivity contribution is 5.78. The zero-order valence-electron chi connectivity index (χ0n) is 13.4. The molecule has 0 spiro atoms. The first-order valence-corrected chi connectivity index (χ1v) is 8.24. The largest absolute Gasteiger partial charge is 0.481 e. The predicted molar refractivity (Wildman–Crippen MR) is 85.4 cm³/mol. The molecule has 1 fully saturated rings. The molecule has 0 heterocycles. The lowest BCUT2D eigenvalue weighted by Gasteiger charge is -2.27. The van der Waals surface area contributed by atoms with E-state index in [1.54, 1.807) is 18.2 Å². The van der Waals surface area contributed by atoms with E-state index >= 15 is 0 Å². The van der Waals surface area contributed by atoms with E-state index in [-0.39, 0.29) is 29.6 Å². The third-order valence-electron chi connectivity index (χ3n) is 4.67. The van der Waals surface area contributed by atoms with Crippen molar-refractivity contribution >= 4 is 11.9 Å². The summed E-state index contributed by atoms with van der Waals surface area (Å²) in [4.78, 5) is 23.1. The van der Waals surface area contributed by atoms with E-state index in [0.717, 1.165) is 0 Å². The number of aryl methyl sites for hydroxylation is 1. The summed E-state index contributed by atoms with van der Waals surface area (Å²) >= 11 is 0. The maximum Gasteiger partial charge on any atom is 0.306 e. The third kappa shape index (κ3) is 5.05. The summed E-state index contributed by atoms with van der Waals surface area (Å²) in [5.41, 5.74) is 0.633. The molecular weight excluding hydrogens is 297 g/mol. The Kier molecular flexibility index (Phi) is 6.13. The fourth-order valence-corrected chi connectivity index (χ4v) is 3.03. The van der Waals surface area contributed by atoms with Gasteiger partial charge in [-0.05, 0) is 50.2 Å². The van der Waals surface area contributed by atoms with Gasteiger partial charge in [0.1, 0.15) is 5.82 Å². The molecule has 0 aliphatic heterocycles. The van der Waals surface area contributed by atoms with E-state index in [9.17, 15) is 14.0 Å². The Bertz CT molecular complexity index is 553. The minimum atomic E-state index is -0.743. The molecule has 1 aromatic carbocycles. The number of nitrogens with one attached hydrogen (secondary N) is 1. The van der Waals surface area contributed by atoms with Crippen molar-refractivity contribution in [3.8, 4) is 0 Å². The third-order valence-corrected chi connectivity index (χ3v) is 4.67. The van der Waals surface area contributed by atoms with Gasteiger partial charge < -0.3 is 10.4 Å². The van der Waals surface area contributed by atoms with Crippen molar-refractivity contribution < 1.29 is 19.1 Å². The van der Waals surface area contributed by atoms with E-state index in [1.807, 2.05) is 6.92 Å². The van der Waals surface area contributed by atoms with Crippen molar-refractivity contribution in [2.24, 2.45) is 11.8 Å². The molecule has 0 aromatic heterocycles. The number of carboxylic acids is 1. The van der Waals surface area contributed by atoms with Crippen molar-refractivity contribution in [2.75, 3.05) is 0 Å². The molecule has 0 saturated heterocycles. The standard InChI is InChI=1S/C18H24FNO3/c1-12(6-7-13-4-2-3-5-16(13)19)17(21)20-15-10-8-14(9-11-15)18(22)23/h2-5,12,14-15H,6-11H2,1H3,(H,20,21)(H,22,23). The van der Waals surface area contributed by atoms with E-state index < -0.39 is 5.97 Å². The molecule has 1 unspecified atom stereocenters. The number of amides is 1. The van der Waals surface area contributed by atoms with Crippen molar-refractivity contribution in [2.45, 2.75) is 51.5 Å². The summed E-state index contributed by atoms with van der Waals surface area (Å²) in [6.07, 6.45) is 3.78. The van der Waals surface area contributed by atoms with Crippen LogP contribution in [0.2, 0.25) is 0 Å². The van der Waals surface area contributed by atoms with Gasteiger partial charge in [0.2, 0.25) is 5.91 Å². The number of hydrogen-bond donors (Lipinski definition) is 2. The molecule has 5 heteroatoms. The molecule has 126 valence electrons. The Morgan fingerprint density at radius 1 is 1.26 bits per heavy atom. The van der Waals surface area contributed by atoms with E-state index in [4.69, 9.17) is 5.11 Å². The summed E-state index contributed by atoms with van der Waals surface area (Å²) in [5, 5.41) is 12.0. The van der Waals surface area contributed by atoms with Gasteiger partial charge in [-0.1, -0.05) is 25.1 Å². The van der Waals surface area contributed by atoms with Gasteiger partial charge in [0, 0.05) is 12.0 Å². The number of carbonyl (C=O) groups is 2. The van der Waals surface area contributed by atoms with Crippen LogP contribution in [0.25, 0.3) is 0 Å². The lowest BCUT2D eigenvalue weighted by Crippen LogP contribution is -2.41. The molecule has 1 aliphatic carbocycles. The number of benzene rings is 1. The highest BCUT2D eigenvalue weighted by Gasteiger charge is 2.27. The maximum atomic E-state index is 13.6. The maximum absolute atomic E-state index is 13.6. The first-order chi connectivity index (χ1) is 11.0. The monoisotopic (exact) mass is 321 g/mol. The average Bonchev–Trinajstić information content (AvgIpc) is 2.54. The van der Waals surface area contributed by atoms with Crippen LogP contribution in [0, 0.1) is 17.7 Å². The fraction of sp³-hybridized carbons (Fsp3) is 0.556. The summed E-state index contributed by atoms with van der Waals surface area (Å²) in [7, 11) is 0. The Balaban J connectivity index is 1.75. The van der Waals surface area contributed by atoms with Gasteiger partial charge >= 0.3 is 5.97 Å². The Hall–Kier alpha value is -1.91. The zero-order valence-corrected chi connectivity index (χ0v) is 13.4. The van der Waals surface area contributed by atoms with Gasteiger partial charge in [0.05, 0.1) is 5.92 Å². The topological polar surface area (TPSA) is 66.4 Å². The normalized spacial score (nSPS) is 22.3. The number of rotatable bonds is 6. The van der Waals surface area contributed by atoms with Crippen molar-refractivity contribution in [3.05, 3.63) is 35.6 Å². The van der Waals surface area contributed by atoms with Crippen LogP contribution in [-0.4, -0.2) is 23.0 Å². The van der Waals surface area contributed by atoms with Gasteiger partial charge in [-0.3, -0.25) is 9.59 Å². The molecule has 2 rings (SSSR count). The minimum absolute atomic E-state index is 0.0277. The fourth-order valence-electron chi connectivity index (χ4n) is 3.03.